The van der Waals surface area contributed by atoms with Crippen LogP contribution in [0.25, 0.3) is 0 Å². The SMILES string of the molecule is CC(=O)[C@H]1CC[C@H]2[C@@H]3CC=C4CC(O)(C5CCCCO5)CC[C@]4(C)[C@H]3CC[C@]12C. The first-order valence-corrected chi connectivity index (χ1v) is 12.3. The number of carbonyl (C=O) groups is 1. The van der Waals surface area contributed by atoms with Crippen molar-refractivity contribution in [1.82, 2.24) is 0 Å². The first kappa shape index (κ1) is 20.2. The summed E-state index contributed by atoms with van der Waals surface area (Å²) in [5.74, 6) is 2.85. The molecule has 0 aromatic rings. The molecule has 4 fully saturated rings. The van der Waals surface area contributed by atoms with E-state index in [1.807, 2.05) is 6.92 Å². The highest BCUT2D eigenvalue weighted by Crippen LogP contribution is 2.67. The first-order chi connectivity index (χ1) is 13.8. The minimum absolute atomic E-state index is 0.0280. The predicted octanol–water partition coefficient (Wildman–Crippen LogP) is 5.45. The summed E-state index contributed by atoms with van der Waals surface area (Å²) in [7, 11) is 0. The van der Waals surface area contributed by atoms with Crippen molar-refractivity contribution in [2.75, 3.05) is 6.61 Å². The summed E-state index contributed by atoms with van der Waals surface area (Å²) in [6, 6.07) is 0. The zero-order chi connectivity index (χ0) is 20.4. The fourth-order valence-corrected chi connectivity index (χ4v) is 8.78. The third-order valence-electron chi connectivity index (χ3n) is 10.5. The van der Waals surface area contributed by atoms with Crippen molar-refractivity contribution in [3.63, 3.8) is 0 Å². The third kappa shape index (κ3) is 2.93. The van der Waals surface area contributed by atoms with Crippen LogP contribution >= 0.6 is 0 Å². The molecule has 0 aromatic carbocycles. The summed E-state index contributed by atoms with van der Waals surface area (Å²) in [6.07, 6.45) is 14.6. The number of aliphatic hydroxyl groups is 1. The molecule has 3 nitrogen and oxygen atoms in total. The number of hydrogen-bond donors (Lipinski definition) is 1. The van der Waals surface area contributed by atoms with Gasteiger partial charge in [0.15, 0.2) is 0 Å². The van der Waals surface area contributed by atoms with E-state index in [9.17, 15) is 9.90 Å². The predicted molar refractivity (Wildman–Crippen MR) is 114 cm³/mol. The number of Topliss-reactive ketones (excluding diaryl/α,β-unsaturated/α-hetero) is 1. The molecule has 3 saturated carbocycles. The van der Waals surface area contributed by atoms with E-state index in [-0.39, 0.29) is 22.9 Å². The van der Waals surface area contributed by atoms with Crippen molar-refractivity contribution in [1.29, 1.82) is 0 Å². The standard InChI is InChI=1S/C26H40O3/c1-17(27)20-9-10-21-19-8-7-18-16-26(28,23-6-4-5-15-29-23)14-13-24(18,2)22(19)11-12-25(20,21)3/h7,19-23,28H,4-6,8-16H2,1-3H3/t19-,20+,21-,22-,23?,24-,25+,26?/m0/s1. The number of rotatable bonds is 2. The second-order valence-electron chi connectivity index (χ2n) is 11.7. The van der Waals surface area contributed by atoms with Gasteiger partial charge in [-0.05, 0) is 99.7 Å². The Balaban J connectivity index is 1.40. The number of carbonyl (C=O) groups excluding carboxylic acids is 1. The Labute approximate surface area is 176 Å². The maximum Gasteiger partial charge on any atom is 0.133 e. The molecule has 0 aromatic heterocycles. The number of hydrogen-bond acceptors (Lipinski definition) is 3. The van der Waals surface area contributed by atoms with Gasteiger partial charge in [0.1, 0.15) is 5.78 Å². The van der Waals surface area contributed by atoms with Crippen molar-refractivity contribution >= 4 is 5.78 Å². The molecule has 5 aliphatic rings. The van der Waals surface area contributed by atoms with E-state index in [1.54, 1.807) is 0 Å². The monoisotopic (exact) mass is 400 g/mol. The second kappa shape index (κ2) is 6.92. The second-order valence-corrected chi connectivity index (χ2v) is 11.7. The largest absolute Gasteiger partial charge is 0.387 e. The lowest BCUT2D eigenvalue weighted by Gasteiger charge is -2.59. The number of ketones is 1. The van der Waals surface area contributed by atoms with E-state index >= 15 is 0 Å². The molecule has 1 aliphatic heterocycles. The van der Waals surface area contributed by atoms with Crippen LogP contribution in [0, 0.1) is 34.5 Å². The van der Waals surface area contributed by atoms with Crippen LogP contribution in [-0.4, -0.2) is 29.2 Å². The van der Waals surface area contributed by atoms with Crippen LogP contribution in [-0.2, 0) is 9.53 Å². The Kier molecular flexibility index (Phi) is 4.83. The van der Waals surface area contributed by atoms with Gasteiger partial charge in [0, 0.05) is 18.9 Å². The van der Waals surface area contributed by atoms with E-state index in [1.165, 1.54) is 31.3 Å². The first-order valence-electron chi connectivity index (χ1n) is 12.3. The van der Waals surface area contributed by atoms with Gasteiger partial charge in [0.2, 0.25) is 0 Å². The summed E-state index contributed by atoms with van der Waals surface area (Å²) in [5, 5.41) is 11.5. The lowest BCUT2D eigenvalue weighted by atomic mass is 9.46. The maximum absolute atomic E-state index is 12.3. The van der Waals surface area contributed by atoms with Gasteiger partial charge >= 0.3 is 0 Å². The maximum atomic E-state index is 12.3. The zero-order valence-corrected chi connectivity index (χ0v) is 18.7. The molecule has 2 unspecified atom stereocenters. The summed E-state index contributed by atoms with van der Waals surface area (Å²) in [4.78, 5) is 12.3. The smallest absolute Gasteiger partial charge is 0.133 e. The molecule has 0 spiro atoms. The molecule has 1 N–H and O–H groups in total. The topological polar surface area (TPSA) is 46.5 Å². The number of fused-ring (bicyclic) bond motifs is 5. The molecule has 0 radical (unpaired) electrons. The summed E-state index contributed by atoms with van der Waals surface area (Å²) < 4.78 is 6.03. The van der Waals surface area contributed by atoms with Crippen LogP contribution in [0.1, 0.15) is 91.4 Å². The Morgan fingerprint density at radius 3 is 2.62 bits per heavy atom. The minimum Gasteiger partial charge on any atom is -0.387 e. The van der Waals surface area contributed by atoms with Crippen molar-refractivity contribution in [2.45, 2.75) is 103 Å². The Morgan fingerprint density at radius 1 is 1.07 bits per heavy atom. The van der Waals surface area contributed by atoms with Gasteiger partial charge in [-0.1, -0.05) is 25.5 Å². The van der Waals surface area contributed by atoms with Gasteiger partial charge in [0.25, 0.3) is 0 Å². The van der Waals surface area contributed by atoms with E-state index < -0.39 is 5.60 Å². The van der Waals surface area contributed by atoms with Crippen LogP contribution in [0.2, 0.25) is 0 Å². The van der Waals surface area contributed by atoms with Crippen molar-refractivity contribution < 1.29 is 14.6 Å². The van der Waals surface area contributed by atoms with Gasteiger partial charge in [-0.25, -0.2) is 0 Å². The zero-order valence-electron chi connectivity index (χ0n) is 18.7. The minimum atomic E-state index is -0.658. The molecule has 0 bridgehead atoms. The molecule has 162 valence electrons. The molecule has 29 heavy (non-hydrogen) atoms. The molecule has 3 heteroatoms. The molecule has 1 saturated heterocycles. The summed E-state index contributed by atoms with van der Waals surface area (Å²) in [5.41, 5.74) is 1.32. The normalized spacial score (nSPS) is 52.1. The lowest BCUT2D eigenvalue weighted by molar-refractivity contribution is -0.152. The van der Waals surface area contributed by atoms with Gasteiger partial charge in [-0.2, -0.15) is 0 Å². The molecule has 8 atom stereocenters. The highest BCUT2D eigenvalue weighted by Gasteiger charge is 2.60. The highest BCUT2D eigenvalue weighted by molar-refractivity contribution is 5.79. The van der Waals surface area contributed by atoms with E-state index in [0.717, 1.165) is 63.4 Å². The van der Waals surface area contributed by atoms with Crippen LogP contribution in [0.4, 0.5) is 0 Å². The number of allylic oxidation sites excluding steroid dienone is 1. The average Bonchev–Trinajstić information content (AvgIpc) is 3.07. The van der Waals surface area contributed by atoms with Crippen molar-refractivity contribution in [2.24, 2.45) is 34.5 Å². The fraction of sp³-hybridized carbons (Fsp3) is 0.885. The number of ether oxygens (including phenoxy) is 1. The Hall–Kier alpha value is -0.670. The molecule has 1 heterocycles. The van der Waals surface area contributed by atoms with E-state index in [4.69, 9.17) is 4.74 Å². The average molecular weight is 401 g/mol. The van der Waals surface area contributed by atoms with Crippen molar-refractivity contribution in [3.05, 3.63) is 11.6 Å². The van der Waals surface area contributed by atoms with Crippen LogP contribution < -0.4 is 0 Å². The van der Waals surface area contributed by atoms with E-state index in [2.05, 4.69) is 19.9 Å². The summed E-state index contributed by atoms with van der Waals surface area (Å²) >= 11 is 0. The lowest BCUT2D eigenvalue weighted by Crippen LogP contribution is -2.55. The molecular weight excluding hydrogens is 360 g/mol. The third-order valence-corrected chi connectivity index (χ3v) is 10.5. The van der Waals surface area contributed by atoms with Gasteiger partial charge in [0.05, 0.1) is 11.7 Å². The van der Waals surface area contributed by atoms with Gasteiger partial charge < -0.3 is 9.84 Å². The van der Waals surface area contributed by atoms with E-state index in [0.29, 0.717) is 11.7 Å². The summed E-state index contributed by atoms with van der Waals surface area (Å²) in [6.45, 7) is 7.55. The molecule has 4 aliphatic carbocycles. The quantitative estimate of drug-likeness (QED) is 0.627. The van der Waals surface area contributed by atoms with Crippen LogP contribution in [0.15, 0.2) is 11.6 Å². The van der Waals surface area contributed by atoms with Gasteiger partial charge in [-0.15, -0.1) is 0 Å². The molecule has 0 amide bonds. The molecule has 5 rings (SSSR count). The Morgan fingerprint density at radius 2 is 1.90 bits per heavy atom. The fourth-order valence-electron chi connectivity index (χ4n) is 8.78. The molecular formula is C26H40O3. The highest BCUT2D eigenvalue weighted by atomic mass is 16.5. The van der Waals surface area contributed by atoms with Gasteiger partial charge in [-0.3, -0.25) is 4.79 Å². The van der Waals surface area contributed by atoms with Crippen molar-refractivity contribution in [3.8, 4) is 0 Å². The van der Waals surface area contributed by atoms with Crippen LogP contribution in [0.3, 0.4) is 0 Å². The Bertz CT molecular complexity index is 707. The van der Waals surface area contributed by atoms with Crippen LogP contribution in [0.5, 0.6) is 0 Å².